The van der Waals surface area contributed by atoms with E-state index >= 15 is 0 Å². The Labute approximate surface area is 142 Å². The fraction of sp³-hybridized carbons (Fsp3) is 0.278. The van der Waals surface area contributed by atoms with Crippen LogP contribution in [0.4, 0.5) is 5.69 Å². The molecule has 0 atom stereocenters. The maximum absolute atomic E-state index is 11.9. The highest BCUT2D eigenvalue weighted by atomic mass is 16.1. The van der Waals surface area contributed by atoms with Gasteiger partial charge in [0.15, 0.2) is 5.96 Å². The molecular weight excluding hydrogens is 302 g/mol. The van der Waals surface area contributed by atoms with Gasteiger partial charge in [-0.25, -0.2) is 0 Å². The number of amides is 1. The number of rotatable bonds is 7. The van der Waals surface area contributed by atoms with Gasteiger partial charge >= 0.3 is 0 Å². The van der Waals surface area contributed by atoms with E-state index in [0.29, 0.717) is 11.6 Å². The minimum absolute atomic E-state index is 0.143. The average molecular weight is 325 g/mol. The summed E-state index contributed by atoms with van der Waals surface area (Å²) in [6.07, 6.45) is 5.27. The molecule has 0 spiro atoms. The van der Waals surface area contributed by atoms with Crippen molar-refractivity contribution < 1.29 is 4.79 Å². The van der Waals surface area contributed by atoms with E-state index < -0.39 is 0 Å². The maximum Gasteiger partial charge on any atom is 0.243 e. The molecule has 126 valence electrons. The van der Waals surface area contributed by atoms with E-state index in [0.717, 1.165) is 19.4 Å². The zero-order valence-electron chi connectivity index (χ0n) is 13.8. The standard InChI is InChI=1S/C18H23N5O/c1-19-18(21-12-5-9-15-7-3-2-4-8-15)22-14-17(24)23-16-10-6-11-20-13-16/h2-4,6-8,10-11,13H,5,9,12,14H2,1H3,(H,23,24)(H2,19,21,22). The lowest BCUT2D eigenvalue weighted by molar-refractivity contribution is -0.115. The summed E-state index contributed by atoms with van der Waals surface area (Å²) in [7, 11) is 1.69. The quantitative estimate of drug-likeness (QED) is 0.412. The highest BCUT2D eigenvalue weighted by Gasteiger charge is 2.04. The largest absolute Gasteiger partial charge is 0.356 e. The third-order valence-corrected chi connectivity index (χ3v) is 3.36. The molecule has 0 fully saturated rings. The van der Waals surface area contributed by atoms with Gasteiger partial charge in [0.1, 0.15) is 0 Å². The van der Waals surface area contributed by atoms with E-state index in [1.54, 1.807) is 31.6 Å². The van der Waals surface area contributed by atoms with E-state index in [1.807, 2.05) is 18.2 Å². The number of carbonyl (C=O) groups is 1. The van der Waals surface area contributed by atoms with Gasteiger partial charge in [-0.1, -0.05) is 30.3 Å². The fourth-order valence-corrected chi connectivity index (χ4v) is 2.17. The van der Waals surface area contributed by atoms with Crippen LogP contribution in [0.3, 0.4) is 0 Å². The molecule has 6 nitrogen and oxygen atoms in total. The number of guanidine groups is 1. The zero-order chi connectivity index (χ0) is 17.0. The van der Waals surface area contributed by atoms with Gasteiger partial charge < -0.3 is 16.0 Å². The highest BCUT2D eigenvalue weighted by molar-refractivity contribution is 5.94. The number of anilines is 1. The number of aliphatic imine (C=N–C) groups is 1. The molecule has 1 aromatic carbocycles. The second-order valence-electron chi connectivity index (χ2n) is 5.23. The van der Waals surface area contributed by atoms with Crippen LogP contribution in [0.25, 0.3) is 0 Å². The Morgan fingerprint density at radius 3 is 2.67 bits per heavy atom. The van der Waals surface area contributed by atoms with Gasteiger partial charge in [-0.05, 0) is 30.5 Å². The summed E-state index contributed by atoms with van der Waals surface area (Å²) in [5.41, 5.74) is 1.99. The predicted molar refractivity (Wildman–Crippen MR) is 97.0 cm³/mol. The Kier molecular flexibility index (Phi) is 7.27. The highest BCUT2D eigenvalue weighted by Crippen LogP contribution is 2.02. The van der Waals surface area contributed by atoms with Gasteiger partial charge in [-0.2, -0.15) is 0 Å². The number of aromatic nitrogens is 1. The molecule has 2 aromatic rings. The number of nitrogens with zero attached hydrogens (tertiary/aromatic N) is 2. The van der Waals surface area contributed by atoms with Crippen LogP contribution in [0.15, 0.2) is 59.9 Å². The van der Waals surface area contributed by atoms with Gasteiger partial charge in [-0.3, -0.25) is 14.8 Å². The molecule has 0 saturated carbocycles. The SMILES string of the molecule is CN=C(NCCCc1ccccc1)NCC(=O)Nc1cccnc1. The van der Waals surface area contributed by atoms with Crippen molar-refractivity contribution in [1.82, 2.24) is 15.6 Å². The maximum atomic E-state index is 11.9. The van der Waals surface area contributed by atoms with Crippen LogP contribution in [0.1, 0.15) is 12.0 Å². The normalized spacial score (nSPS) is 11.0. The van der Waals surface area contributed by atoms with Gasteiger partial charge in [0.05, 0.1) is 18.4 Å². The molecule has 0 bridgehead atoms. The van der Waals surface area contributed by atoms with E-state index in [1.165, 1.54) is 5.56 Å². The van der Waals surface area contributed by atoms with Crippen LogP contribution < -0.4 is 16.0 Å². The van der Waals surface area contributed by atoms with Crippen molar-refractivity contribution in [3.05, 3.63) is 60.4 Å². The summed E-state index contributed by atoms with van der Waals surface area (Å²) in [6.45, 7) is 0.937. The predicted octanol–water partition coefficient (Wildman–Crippen LogP) is 1.82. The van der Waals surface area contributed by atoms with Crippen molar-refractivity contribution in [3.63, 3.8) is 0 Å². The molecular formula is C18H23N5O. The van der Waals surface area contributed by atoms with Crippen molar-refractivity contribution in [2.75, 3.05) is 25.5 Å². The Morgan fingerprint density at radius 2 is 1.96 bits per heavy atom. The number of aryl methyl sites for hydroxylation is 1. The molecule has 0 aliphatic carbocycles. The second-order valence-corrected chi connectivity index (χ2v) is 5.23. The van der Waals surface area contributed by atoms with E-state index in [-0.39, 0.29) is 12.5 Å². The van der Waals surface area contributed by atoms with E-state index in [2.05, 4.69) is 38.1 Å². The third-order valence-electron chi connectivity index (χ3n) is 3.36. The number of benzene rings is 1. The number of hydrogen-bond donors (Lipinski definition) is 3. The fourth-order valence-electron chi connectivity index (χ4n) is 2.17. The molecule has 3 N–H and O–H groups in total. The molecule has 1 aromatic heterocycles. The number of nitrogens with one attached hydrogen (secondary N) is 3. The topological polar surface area (TPSA) is 78.4 Å². The first-order valence-electron chi connectivity index (χ1n) is 7.96. The molecule has 0 unspecified atom stereocenters. The number of pyridine rings is 1. The summed E-state index contributed by atoms with van der Waals surface area (Å²) in [4.78, 5) is 19.9. The first-order valence-corrected chi connectivity index (χ1v) is 7.96. The lowest BCUT2D eigenvalue weighted by atomic mass is 10.1. The minimum Gasteiger partial charge on any atom is -0.356 e. The first-order chi connectivity index (χ1) is 11.8. The van der Waals surface area contributed by atoms with Crippen LogP contribution in [-0.4, -0.2) is 37.0 Å². The van der Waals surface area contributed by atoms with Gasteiger partial charge in [0, 0.05) is 19.8 Å². The molecule has 0 aliphatic rings. The summed E-state index contributed by atoms with van der Waals surface area (Å²) in [5, 5.41) is 8.96. The molecule has 6 heteroatoms. The van der Waals surface area contributed by atoms with Gasteiger partial charge in [0.25, 0.3) is 0 Å². The number of carbonyl (C=O) groups excluding carboxylic acids is 1. The third kappa shape index (κ3) is 6.48. The van der Waals surface area contributed by atoms with Crippen LogP contribution in [0, 0.1) is 0 Å². The Hall–Kier alpha value is -2.89. The minimum atomic E-state index is -0.143. The Balaban J connectivity index is 1.64. The lowest BCUT2D eigenvalue weighted by Crippen LogP contribution is -2.41. The van der Waals surface area contributed by atoms with Crippen molar-refractivity contribution in [2.45, 2.75) is 12.8 Å². The van der Waals surface area contributed by atoms with Crippen LogP contribution in [0.2, 0.25) is 0 Å². The van der Waals surface area contributed by atoms with E-state index in [4.69, 9.17) is 0 Å². The second kappa shape index (κ2) is 9.99. The number of hydrogen-bond acceptors (Lipinski definition) is 3. The van der Waals surface area contributed by atoms with Gasteiger partial charge in [0.2, 0.25) is 5.91 Å². The molecule has 2 rings (SSSR count). The van der Waals surface area contributed by atoms with Crippen molar-refractivity contribution in [2.24, 2.45) is 4.99 Å². The van der Waals surface area contributed by atoms with Gasteiger partial charge in [-0.15, -0.1) is 0 Å². The monoisotopic (exact) mass is 325 g/mol. The molecule has 1 heterocycles. The molecule has 24 heavy (non-hydrogen) atoms. The average Bonchev–Trinajstić information content (AvgIpc) is 2.63. The van der Waals surface area contributed by atoms with Crippen molar-refractivity contribution in [3.8, 4) is 0 Å². The summed E-state index contributed by atoms with van der Waals surface area (Å²) >= 11 is 0. The molecule has 0 saturated heterocycles. The zero-order valence-corrected chi connectivity index (χ0v) is 13.8. The van der Waals surface area contributed by atoms with Crippen LogP contribution >= 0.6 is 0 Å². The summed E-state index contributed by atoms with van der Waals surface area (Å²) in [5.74, 6) is 0.472. The van der Waals surface area contributed by atoms with Crippen molar-refractivity contribution in [1.29, 1.82) is 0 Å². The summed E-state index contributed by atoms with van der Waals surface area (Å²) < 4.78 is 0. The summed E-state index contributed by atoms with van der Waals surface area (Å²) in [6, 6.07) is 13.9. The molecule has 1 amide bonds. The Bertz CT molecular complexity index is 643. The first kappa shape index (κ1) is 17.5. The van der Waals surface area contributed by atoms with Crippen molar-refractivity contribution >= 4 is 17.6 Å². The van der Waals surface area contributed by atoms with E-state index in [9.17, 15) is 4.79 Å². The van der Waals surface area contributed by atoms with Crippen LogP contribution in [-0.2, 0) is 11.2 Å². The Morgan fingerprint density at radius 1 is 1.12 bits per heavy atom. The molecule has 0 radical (unpaired) electrons. The van der Waals surface area contributed by atoms with Crippen LogP contribution in [0.5, 0.6) is 0 Å². The smallest absolute Gasteiger partial charge is 0.243 e. The molecule has 0 aliphatic heterocycles. The lowest BCUT2D eigenvalue weighted by Gasteiger charge is -2.12.